The van der Waals surface area contributed by atoms with Crippen molar-refractivity contribution < 1.29 is 32.7 Å². The molecule has 1 saturated carbocycles. The summed E-state index contributed by atoms with van der Waals surface area (Å²) in [7, 11) is -4.12. The lowest BCUT2D eigenvalue weighted by molar-refractivity contribution is -0.150. The van der Waals surface area contributed by atoms with Gasteiger partial charge in [-0.25, -0.2) is 9.55 Å². The van der Waals surface area contributed by atoms with Gasteiger partial charge < -0.3 is 25.5 Å². The predicted molar refractivity (Wildman–Crippen MR) is 202 cm³/mol. The fraction of sp³-hybridized carbons (Fsp3) is 0.447. The molecule has 1 aliphatic rings. The van der Waals surface area contributed by atoms with E-state index in [4.69, 9.17) is 30.0 Å². The maximum absolute atomic E-state index is 14.9. The Labute approximate surface area is 308 Å². The van der Waals surface area contributed by atoms with Gasteiger partial charge in [-0.3, -0.25) is 28.5 Å². The zero-order valence-electron chi connectivity index (χ0n) is 30.6. The standard InChI is InChI=1S/C38H49N6O8P/c1-5-26(6-2)20-49-35(46)28(17-27-13-9-7-10-14-27)21-53(48,52-30-15-11-8-12-16-30)51-23-38(22-50-36(47)31(39)25(3)4)18-29(38)19-44-24-41-32-33(44)42-37(40)43-34(32)45/h7-16,19,24-26,28,31H,5-6,17-18,20-23,39H2,1-4H3,(H3,40,42,43,45)/b29-19-/t28-,31+,38?,53+/m1/s1. The molecular weight excluding hydrogens is 699 g/mol. The van der Waals surface area contributed by atoms with Gasteiger partial charge in [0.05, 0.1) is 30.7 Å². The van der Waals surface area contributed by atoms with Crippen LogP contribution in [0.15, 0.2) is 77.4 Å². The number of aromatic nitrogens is 4. The number of aromatic amines is 1. The topological polar surface area (TPSA) is 204 Å². The van der Waals surface area contributed by atoms with Gasteiger partial charge in [0.25, 0.3) is 5.56 Å². The molecular formula is C38H49N6O8P. The van der Waals surface area contributed by atoms with E-state index >= 15 is 0 Å². The summed E-state index contributed by atoms with van der Waals surface area (Å²) in [4.78, 5) is 49.9. The number of nitrogen functional groups attached to an aromatic ring is 1. The van der Waals surface area contributed by atoms with Gasteiger partial charge in [-0.05, 0) is 47.9 Å². The van der Waals surface area contributed by atoms with E-state index in [1.165, 1.54) is 6.33 Å². The number of nitrogens with two attached hydrogens (primary N) is 2. The van der Waals surface area contributed by atoms with Crippen LogP contribution in [0.25, 0.3) is 17.4 Å². The molecule has 2 heterocycles. The fourth-order valence-electron chi connectivity index (χ4n) is 5.83. The number of esters is 2. The lowest BCUT2D eigenvalue weighted by atomic mass is 10.0. The molecule has 2 aromatic carbocycles. The second kappa shape index (κ2) is 17.4. The lowest BCUT2D eigenvalue weighted by Gasteiger charge is -2.26. The van der Waals surface area contributed by atoms with Crippen LogP contribution in [0.3, 0.4) is 0 Å². The summed E-state index contributed by atoms with van der Waals surface area (Å²) < 4.78 is 40.5. The van der Waals surface area contributed by atoms with Gasteiger partial charge in [0, 0.05) is 6.20 Å². The number of H-pyrrole nitrogens is 1. The molecule has 53 heavy (non-hydrogen) atoms. The van der Waals surface area contributed by atoms with Crippen LogP contribution in [0.2, 0.25) is 0 Å². The van der Waals surface area contributed by atoms with Crippen LogP contribution >= 0.6 is 7.60 Å². The average Bonchev–Trinajstić information content (AvgIpc) is 3.68. The van der Waals surface area contributed by atoms with Crippen LogP contribution in [-0.4, -0.2) is 63.5 Å². The van der Waals surface area contributed by atoms with E-state index in [2.05, 4.69) is 15.0 Å². The number of ether oxygens (including phenoxy) is 2. The molecule has 1 fully saturated rings. The van der Waals surface area contributed by atoms with E-state index in [9.17, 15) is 18.9 Å². The van der Waals surface area contributed by atoms with Crippen LogP contribution in [-0.2, 0) is 34.6 Å². The van der Waals surface area contributed by atoms with Crippen molar-refractivity contribution in [3.05, 3.63) is 88.5 Å². The molecule has 0 saturated heterocycles. The molecule has 5 N–H and O–H groups in total. The molecule has 0 aliphatic heterocycles. The second-order valence-corrected chi connectivity index (χ2v) is 16.0. The molecule has 5 rings (SSSR count). The summed E-state index contributed by atoms with van der Waals surface area (Å²) >= 11 is 0. The minimum atomic E-state index is -4.12. The number of rotatable bonds is 19. The van der Waals surface area contributed by atoms with Crippen molar-refractivity contribution in [2.24, 2.45) is 28.9 Å². The molecule has 4 atom stereocenters. The number of para-hydroxylation sites is 1. The summed E-state index contributed by atoms with van der Waals surface area (Å²) in [5.74, 6) is -1.69. The molecule has 2 aromatic heterocycles. The van der Waals surface area contributed by atoms with Crippen molar-refractivity contribution in [3.63, 3.8) is 0 Å². The summed E-state index contributed by atoms with van der Waals surface area (Å²) in [6.07, 6.45) is 5.18. The van der Waals surface area contributed by atoms with Crippen LogP contribution in [0.5, 0.6) is 5.75 Å². The van der Waals surface area contributed by atoms with E-state index in [-0.39, 0.29) is 61.4 Å². The summed E-state index contributed by atoms with van der Waals surface area (Å²) in [6, 6.07) is 17.2. The molecule has 15 heteroatoms. The van der Waals surface area contributed by atoms with Crippen LogP contribution in [0.4, 0.5) is 5.95 Å². The highest BCUT2D eigenvalue weighted by molar-refractivity contribution is 7.54. The van der Waals surface area contributed by atoms with Crippen molar-refractivity contribution in [1.82, 2.24) is 19.5 Å². The average molecular weight is 749 g/mol. The van der Waals surface area contributed by atoms with Gasteiger partial charge in [-0.2, -0.15) is 4.98 Å². The third-order valence-electron chi connectivity index (χ3n) is 9.56. The number of carbonyl (C=O) groups is 2. The van der Waals surface area contributed by atoms with E-state index in [0.29, 0.717) is 12.2 Å². The maximum atomic E-state index is 14.9. The quantitative estimate of drug-likeness (QED) is 0.0794. The van der Waals surface area contributed by atoms with Gasteiger partial charge in [0.15, 0.2) is 11.2 Å². The largest absolute Gasteiger partial charge is 0.465 e. The van der Waals surface area contributed by atoms with Crippen molar-refractivity contribution in [1.29, 1.82) is 0 Å². The Hall–Kier alpha value is -4.78. The second-order valence-electron chi connectivity index (χ2n) is 13.9. The summed E-state index contributed by atoms with van der Waals surface area (Å²) in [6.45, 7) is 7.63. The Bertz CT molecular complexity index is 2000. The Morgan fingerprint density at radius 1 is 1.02 bits per heavy atom. The number of benzene rings is 2. The van der Waals surface area contributed by atoms with Gasteiger partial charge >= 0.3 is 19.5 Å². The third-order valence-corrected chi connectivity index (χ3v) is 11.5. The molecule has 4 aromatic rings. The molecule has 0 spiro atoms. The van der Waals surface area contributed by atoms with Crippen LogP contribution < -0.4 is 21.6 Å². The smallest absolute Gasteiger partial charge is 0.380 e. The molecule has 1 aliphatic carbocycles. The minimum Gasteiger partial charge on any atom is -0.465 e. The summed E-state index contributed by atoms with van der Waals surface area (Å²) in [5.41, 5.74) is 12.4. The van der Waals surface area contributed by atoms with Crippen molar-refractivity contribution in [2.45, 2.75) is 59.4 Å². The van der Waals surface area contributed by atoms with E-state index < -0.39 is 42.5 Å². The minimum absolute atomic E-state index is 0.0767. The first kappa shape index (κ1) is 39.4. The van der Waals surface area contributed by atoms with Gasteiger partial charge in [0.1, 0.15) is 24.7 Å². The zero-order valence-corrected chi connectivity index (χ0v) is 31.5. The Morgan fingerprint density at radius 2 is 1.70 bits per heavy atom. The van der Waals surface area contributed by atoms with E-state index in [0.717, 1.165) is 24.0 Å². The first-order chi connectivity index (χ1) is 25.3. The monoisotopic (exact) mass is 748 g/mol. The number of imidazole rings is 1. The number of nitrogens with one attached hydrogen (secondary N) is 1. The lowest BCUT2D eigenvalue weighted by Crippen LogP contribution is -2.38. The highest BCUT2D eigenvalue weighted by atomic mass is 31.2. The number of hydrogen-bond acceptors (Lipinski definition) is 12. The van der Waals surface area contributed by atoms with Gasteiger partial charge in [0.2, 0.25) is 5.95 Å². The third kappa shape index (κ3) is 10.2. The molecule has 14 nitrogen and oxygen atoms in total. The van der Waals surface area contributed by atoms with Gasteiger partial charge in [-0.15, -0.1) is 0 Å². The van der Waals surface area contributed by atoms with Crippen molar-refractivity contribution in [2.75, 3.05) is 31.7 Å². The zero-order chi connectivity index (χ0) is 38.2. The predicted octanol–water partition coefficient (Wildman–Crippen LogP) is 5.59. The van der Waals surface area contributed by atoms with Crippen LogP contribution in [0, 0.1) is 23.2 Å². The number of anilines is 1. The van der Waals surface area contributed by atoms with E-state index in [1.54, 1.807) is 41.1 Å². The normalized spacial score (nSPS) is 18.5. The fourth-order valence-corrected chi connectivity index (χ4v) is 7.77. The highest BCUT2D eigenvalue weighted by Gasteiger charge is 2.53. The van der Waals surface area contributed by atoms with Gasteiger partial charge in [-0.1, -0.05) is 89.1 Å². The number of fused-ring (bicyclic) bond motifs is 1. The molecule has 0 bridgehead atoms. The van der Waals surface area contributed by atoms with Crippen molar-refractivity contribution in [3.8, 4) is 5.75 Å². The van der Waals surface area contributed by atoms with Crippen molar-refractivity contribution >= 4 is 42.8 Å². The first-order valence-electron chi connectivity index (χ1n) is 17.9. The SMILES string of the molecule is CCC(CC)COC(=O)[C@H](Cc1ccccc1)C[P@](=O)(OCC1(COC(=O)[C@@H](N)C(C)C)C/C1=C/n1cnc2c(=O)[nH]c(N)nc21)Oc1ccccc1. The molecule has 1 unspecified atom stereocenters. The maximum Gasteiger partial charge on any atom is 0.380 e. The first-order valence-corrected chi connectivity index (χ1v) is 19.6. The van der Waals surface area contributed by atoms with E-state index in [1.807, 2.05) is 58.0 Å². The van der Waals surface area contributed by atoms with Crippen LogP contribution in [0.1, 0.15) is 52.5 Å². The number of hydrogen-bond donors (Lipinski definition) is 3. The Morgan fingerprint density at radius 3 is 2.36 bits per heavy atom. The highest BCUT2D eigenvalue weighted by Crippen LogP contribution is 2.58. The molecule has 0 amide bonds. The Balaban J connectivity index is 1.46. The Kier molecular flexibility index (Phi) is 12.9. The molecule has 284 valence electrons. The number of nitrogens with zero attached hydrogens (tertiary/aromatic N) is 3. The number of carbonyl (C=O) groups excluding carboxylic acids is 2. The summed E-state index contributed by atoms with van der Waals surface area (Å²) in [5, 5.41) is 0. The molecule has 0 radical (unpaired) electrons.